The van der Waals surface area contributed by atoms with Crippen molar-refractivity contribution in [3.05, 3.63) is 28.8 Å². The summed E-state index contributed by atoms with van der Waals surface area (Å²) in [5, 5.41) is 10.2. The van der Waals surface area contributed by atoms with E-state index in [1.165, 1.54) is 4.88 Å². The van der Waals surface area contributed by atoms with Crippen LogP contribution in [0.1, 0.15) is 41.0 Å². The first-order valence-corrected chi connectivity index (χ1v) is 10.7. The van der Waals surface area contributed by atoms with Crippen molar-refractivity contribution in [1.82, 2.24) is 20.4 Å². The number of rotatable bonds is 5. The molecule has 150 valence electrons. The number of carbonyl (C=O) groups excluding carboxylic acids is 2. The van der Waals surface area contributed by atoms with Crippen LogP contribution in [0.25, 0.3) is 10.6 Å². The largest absolute Gasteiger partial charge is 0.368 e. The fourth-order valence-electron chi connectivity index (χ4n) is 3.78. The number of hydrogen-bond donors (Lipinski definition) is 2. The van der Waals surface area contributed by atoms with Crippen molar-refractivity contribution in [2.75, 3.05) is 26.2 Å². The molecule has 4 heterocycles. The third-order valence-electron chi connectivity index (χ3n) is 5.49. The molecular weight excluding hydrogens is 376 g/mol. The minimum absolute atomic E-state index is 0.00359. The van der Waals surface area contributed by atoms with Gasteiger partial charge in [0.1, 0.15) is 6.10 Å². The molecule has 2 aromatic rings. The molecule has 2 amide bonds. The van der Waals surface area contributed by atoms with E-state index in [-0.39, 0.29) is 17.9 Å². The number of aromatic nitrogens is 2. The normalized spacial score (nSPS) is 20.5. The van der Waals surface area contributed by atoms with Crippen molar-refractivity contribution in [2.45, 2.75) is 38.7 Å². The second kappa shape index (κ2) is 8.45. The lowest BCUT2D eigenvalue weighted by Crippen LogP contribution is -2.43. The predicted octanol–water partition coefficient (Wildman–Crippen LogP) is 2.59. The summed E-state index contributed by atoms with van der Waals surface area (Å²) < 4.78 is 5.41. The van der Waals surface area contributed by atoms with E-state index in [0.717, 1.165) is 36.3 Å². The number of hydrogen-bond acceptors (Lipinski definition) is 5. The molecule has 8 heteroatoms. The minimum Gasteiger partial charge on any atom is -0.368 e. The molecule has 7 nitrogen and oxygen atoms in total. The van der Waals surface area contributed by atoms with E-state index in [2.05, 4.69) is 28.5 Å². The Balaban J connectivity index is 1.26. The number of carbonyl (C=O) groups is 2. The summed E-state index contributed by atoms with van der Waals surface area (Å²) in [7, 11) is 0. The van der Waals surface area contributed by atoms with Gasteiger partial charge >= 0.3 is 0 Å². The molecule has 2 fully saturated rings. The highest BCUT2D eigenvalue weighted by Gasteiger charge is 2.27. The van der Waals surface area contributed by atoms with E-state index in [1.807, 2.05) is 17.0 Å². The zero-order valence-corrected chi connectivity index (χ0v) is 16.9. The van der Waals surface area contributed by atoms with Crippen LogP contribution < -0.4 is 5.32 Å². The molecule has 2 N–H and O–H groups in total. The van der Waals surface area contributed by atoms with Gasteiger partial charge in [-0.15, -0.1) is 11.3 Å². The summed E-state index contributed by atoms with van der Waals surface area (Å²) in [6, 6.07) is 5.93. The van der Waals surface area contributed by atoms with Gasteiger partial charge in [0.25, 0.3) is 5.91 Å². The van der Waals surface area contributed by atoms with E-state index >= 15 is 0 Å². The van der Waals surface area contributed by atoms with Gasteiger partial charge < -0.3 is 15.0 Å². The van der Waals surface area contributed by atoms with Crippen molar-refractivity contribution in [2.24, 2.45) is 5.92 Å². The molecule has 0 spiro atoms. The van der Waals surface area contributed by atoms with Crippen LogP contribution >= 0.6 is 11.3 Å². The van der Waals surface area contributed by atoms with Gasteiger partial charge in [0.2, 0.25) is 5.91 Å². The number of piperidine rings is 1. The maximum Gasteiger partial charge on any atom is 0.274 e. The molecule has 0 bridgehead atoms. The molecular formula is C20H26N4O3S. The highest BCUT2D eigenvalue weighted by Crippen LogP contribution is 2.27. The fraction of sp³-hybridized carbons (Fsp3) is 0.550. The van der Waals surface area contributed by atoms with Crippen molar-refractivity contribution in [1.29, 1.82) is 0 Å². The molecule has 0 aliphatic carbocycles. The zero-order valence-electron chi connectivity index (χ0n) is 16.1. The monoisotopic (exact) mass is 402 g/mol. The first kappa shape index (κ1) is 19.1. The summed E-state index contributed by atoms with van der Waals surface area (Å²) in [5.74, 6) is 0.375. The Morgan fingerprint density at radius 2 is 2.14 bits per heavy atom. The van der Waals surface area contributed by atoms with Crippen LogP contribution in [0.2, 0.25) is 0 Å². The predicted molar refractivity (Wildman–Crippen MR) is 107 cm³/mol. The van der Waals surface area contributed by atoms with E-state index < -0.39 is 0 Å². The molecule has 2 saturated heterocycles. The van der Waals surface area contributed by atoms with Gasteiger partial charge in [-0.05, 0) is 56.7 Å². The molecule has 2 aliphatic heterocycles. The second-order valence-electron chi connectivity index (χ2n) is 7.56. The van der Waals surface area contributed by atoms with Gasteiger partial charge in [0.05, 0.1) is 10.6 Å². The fourth-order valence-corrected chi connectivity index (χ4v) is 4.62. The zero-order chi connectivity index (χ0) is 19.5. The van der Waals surface area contributed by atoms with Crippen LogP contribution in [0.4, 0.5) is 0 Å². The lowest BCUT2D eigenvalue weighted by Gasteiger charge is -2.31. The van der Waals surface area contributed by atoms with Crippen molar-refractivity contribution >= 4 is 23.2 Å². The third-order valence-corrected chi connectivity index (χ3v) is 6.53. The summed E-state index contributed by atoms with van der Waals surface area (Å²) in [4.78, 5) is 29.0. The Hall–Kier alpha value is -2.19. The molecule has 0 aromatic carbocycles. The van der Waals surface area contributed by atoms with Gasteiger partial charge in [0, 0.05) is 31.1 Å². The number of likely N-dealkylation sites (tertiary alicyclic amines) is 1. The molecule has 0 saturated carbocycles. The standard InChI is InChI=1S/C20H26N4O3S/c1-13-4-5-18(28-13)15-11-16(23-22-15)20(26)24-8-6-14(7-9-24)12-21-19(25)17-3-2-10-27-17/h4-5,11,14,17H,2-3,6-10,12H2,1H3,(H,21,25)(H,22,23)/t17-/m0/s1. The average Bonchev–Trinajstić information content (AvgIpc) is 3.46. The Morgan fingerprint density at radius 1 is 1.32 bits per heavy atom. The van der Waals surface area contributed by atoms with E-state index in [4.69, 9.17) is 4.74 Å². The molecule has 0 unspecified atom stereocenters. The van der Waals surface area contributed by atoms with Gasteiger partial charge in [-0.25, -0.2) is 0 Å². The summed E-state index contributed by atoms with van der Waals surface area (Å²) in [5.41, 5.74) is 1.35. The molecule has 28 heavy (non-hydrogen) atoms. The number of H-pyrrole nitrogens is 1. The molecule has 1 atom stereocenters. The van der Waals surface area contributed by atoms with E-state index in [0.29, 0.717) is 37.9 Å². The first-order valence-electron chi connectivity index (χ1n) is 9.91. The van der Waals surface area contributed by atoms with Crippen LogP contribution in [0.5, 0.6) is 0 Å². The maximum absolute atomic E-state index is 12.8. The van der Waals surface area contributed by atoms with E-state index in [1.54, 1.807) is 11.3 Å². The lowest BCUT2D eigenvalue weighted by atomic mass is 9.96. The minimum atomic E-state index is -0.275. The van der Waals surface area contributed by atoms with Gasteiger partial charge in [-0.1, -0.05) is 0 Å². The molecule has 0 radical (unpaired) electrons. The summed E-state index contributed by atoms with van der Waals surface area (Å²) >= 11 is 1.68. The van der Waals surface area contributed by atoms with Gasteiger partial charge in [-0.2, -0.15) is 5.10 Å². The highest BCUT2D eigenvalue weighted by molar-refractivity contribution is 7.15. The third kappa shape index (κ3) is 4.28. The summed E-state index contributed by atoms with van der Waals surface area (Å²) in [6.07, 6.45) is 3.27. The number of amides is 2. The van der Waals surface area contributed by atoms with Crippen LogP contribution in [0, 0.1) is 12.8 Å². The number of nitrogens with zero attached hydrogens (tertiary/aromatic N) is 2. The number of aromatic amines is 1. The van der Waals surface area contributed by atoms with Crippen LogP contribution in [0.15, 0.2) is 18.2 Å². The highest BCUT2D eigenvalue weighted by atomic mass is 32.1. The van der Waals surface area contributed by atoms with Crippen molar-refractivity contribution in [3.8, 4) is 10.6 Å². The van der Waals surface area contributed by atoms with E-state index in [9.17, 15) is 9.59 Å². The lowest BCUT2D eigenvalue weighted by molar-refractivity contribution is -0.130. The SMILES string of the molecule is Cc1ccc(-c2cc(C(=O)N3CCC(CNC(=O)[C@@H]4CCCO4)CC3)n[nH]2)s1. The van der Waals surface area contributed by atoms with Crippen molar-refractivity contribution in [3.63, 3.8) is 0 Å². The molecule has 4 rings (SSSR count). The van der Waals surface area contributed by atoms with Crippen LogP contribution in [-0.4, -0.2) is 59.3 Å². The number of nitrogens with one attached hydrogen (secondary N) is 2. The van der Waals surface area contributed by atoms with Gasteiger partial charge in [0.15, 0.2) is 5.69 Å². The Bertz CT molecular complexity index is 832. The second-order valence-corrected chi connectivity index (χ2v) is 8.85. The maximum atomic E-state index is 12.8. The number of ether oxygens (including phenoxy) is 1. The number of thiophene rings is 1. The Morgan fingerprint density at radius 3 is 2.82 bits per heavy atom. The quantitative estimate of drug-likeness (QED) is 0.805. The van der Waals surface area contributed by atoms with Crippen LogP contribution in [0.3, 0.4) is 0 Å². The smallest absolute Gasteiger partial charge is 0.274 e. The summed E-state index contributed by atoms with van der Waals surface area (Å²) in [6.45, 7) is 4.79. The first-order chi connectivity index (χ1) is 13.6. The Kier molecular flexibility index (Phi) is 5.77. The Labute approximate surface area is 168 Å². The molecule has 2 aliphatic rings. The van der Waals surface area contributed by atoms with Crippen LogP contribution in [-0.2, 0) is 9.53 Å². The molecule has 2 aromatic heterocycles. The number of aryl methyl sites for hydroxylation is 1. The topological polar surface area (TPSA) is 87.3 Å². The average molecular weight is 403 g/mol. The van der Waals surface area contributed by atoms with Crippen molar-refractivity contribution < 1.29 is 14.3 Å². The van der Waals surface area contributed by atoms with Gasteiger partial charge in [-0.3, -0.25) is 14.7 Å².